The molecule has 0 radical (unpaired) electrons. The van der Waals surface area contributed by atoms with E-state index in [0.717, 1.165) is 4.68 Å². The first-order valence-electron chi connectivity index (χ1n) is 5.54. The molecule has 0 bridgehead atoms. The monoisotopic (exact) mass is 244 g/mol. The maximum absolute atomic E-state index is 12.0. The number of carboxylic acid groups (broad SMARTS) is 1. The summed E-state index contributed by atoms with van der Waals surface area (Å²) in [7, 11) is 0. The van der Waals surface area contributed by atoms with Gasteiger partial charge in [0.2, 0.25) is 0 Å². The Morgan fingerprint density at radius 2 is 2.00 bits per heavy atom. The maximum atomic E-state index is 12.0. The third-order valence-electron chi connectivity index (χ3n) is 2.64. The van der Waals surface area contributed by atoms with E-state index < -0.39 is 11.5 Å². The van der Waals surface area contributed by atoms with Gasteiger partial charge in [-0.3, -0.25) is 4.79 Å². The number of aromatic nitrogens is 2. The van der Waals surface area contributed by atoms with Crippen LogP contribution in [0.3, 0.4) is 0 Å². The predicted molar refractivity (Wildman–Crippen MR) is 66.6 cm³/mol. The summed E-state index contributed by atoms with van der Waals surface area (Å²) in [5.74, 6) is -1.23. The van der Waals surface area contributed by atoms with Crippen LogP contribution >= 0.6 is 0 Å². The van der Waals surface area contributed by atoms with Gasteiger partial charge in [-0.1, -0.05) is 30.3 Å². The summed E-state index contributed by atoms with van der Waals surface area (Å²) in [6.07, 6.45) is 1.42. The quantitative estimate of drug-likeness (QED) is 0.890. The third-order valence-corrected chi connectivity index (χ3v) is 2.64. The van der Waals surface area contributed by atoms with Crippen LogP contribution in [0.1, 0.15) is 17.3 Å². The molecule has 0 aliphatic heterocycles. The van der Waals surface area contributed by atoms with Crippen molar-refractivity contribution in [3.63, 3.8) is 0 Å². The molecule has 5 heteroatoms. The molecule has 5 nitrogen and oxygen atoms in total. The molecule has 1 heterocycles. The number of carboxylic acids is 1. The summed E-state index contributed by atoms with van der Waals surface area (Å²) in [6, 6.07) is 8.89. The van der Waals surface area contributed by atoms with E-state index in [1.165, 1.54) is 6.20 Å². The molecular weight excluding hydrogens is 232 g/mol. The van der Waals surface area contributed by atoms with Crippen LogP contribution in [-0.4, -0.2) is 20.9 Å². The first-order valence-corrected chi connectivity index (χ1v) is 5.54. The van der Waals surface area contributed by atoms with E-state index in [4.69, 9.17) is 0 Å². The van der Waals surface area contributed by atoms with E-state index in [2.05, 4.69) is 5.10 Å². The highest BCUT2D eigenvalue weighted by molar-refractivity contribution is 5.95. The predicted octanol–water partition coefficient (Wildman–Crippen LogP) is 1.63. The van der Waals surface area contributed by atoms with Gasteiger partial charge in [-0.25, -0.2) is 9.48 Å². The Labute approximate surface area is 103 Å². The first-order chi connectivity index (χ1) is 8.65. The number of nitrogens with zero attached hydrogens (tertiary/aromatic N) is 2. The van der Waals surface area contributed by atoms with Gasteiger partial charge in [0.15, 0.2) is 0 Å². The Kier molecular flexibility index (Phi) is 3.23. The summed E-state index contributed by atoms with van der Waals surface area (Å²) in [4.78, 5) is 23.2. The van der Waals surface area contributed by atoms with Crippen molar-refractivity contribution in [2.24, 2.45) is 0 Å². The van der Waals surface area contributed by atoms with Crippen LogP contribution in [0.2, 0.25) is 0 Å². The van der Waals surface area contributed by atoms with Gasteiger partial charge in [-0.05, 0) is 12.5 Å². The SMILES string of the molecule is CCn1ncc(-c2ccccc2)c(C(=O)O)c1=O. The lowest BCUT2D eigenvalue weighted by molar-refractivity contribution is 0.0694. The zero-order valence-electron chi connectivity index (χ0n) is 9.83. The molecule has 0 saturated carbocycles. The number of hydrogen-bond donors (Lipinski definition) is 1. The molecule has 2 rings (SSSR count). The molecule has 0 amide bonds. The van der Waals surface area contributed by atoms with Crippen molar-refractivity contribution in [1.29, 1.82) is 0 Å². The molecule has 0 saturated heterocycles. The van der Waals surface area contributed by atoms with Gasteiger partial charge in [-0.15, -0.1) is 0 Å². The zero-order chi connectivity index (χ0) is 13.1. The normalized spacial score (nSPS) is 10.3. The molecule has 1 aromatic heterocycles. The topological polar surface area (TPSA) is 72.2 Å². The number of rotatable bonds is 3. The van der Waals surface area contributed by atoms with Crippen LogP contribution in [0.25, 0.3) is 11.1 Å². The summed E-state index contributed by atoms with van der Waals surface area (Å²) in [5.41, 5.74) is 0.199. The summed E-state index contributed by atoms with van der Waals surface area (Å²) < 4.78 is 1.13. The van der Waals surface area contributed by atoms with Gasteiger partial charge >= 0.3 is 5.97 Å². The molecule has 0 aliphatic carbocycles. The fraction of sp³-hybridized carbons (Fsp3) is 0.154. The molecule has 0 unspecified atom stereocenters. The van der Waals surface area contributed by atoms with Gasteiger partial charge in [0, 0.05) is 12.1 Å². The molecule has 2 aromatic rings. The molecule has 1 N–H and O–H groups in total. The van der Waals surface area contributed by atoms with Crippen molar-refractivity contribution in [3.8, 4) is 11.1 Å². The standard InChI is InChI=1S/C13H12N2O3/c1-2-15-12(16)11(13(17)18)10(8-14-15)9-6-4-3-5-7-9/h3-8H,2H2,1H3,(H,17,18). The van der Waals surface area contributed by atoms with E-state index in [0.29, 0.717) is 17.7 Å². The lowest BCUT2D eigenvalue weighted by Gasteiger charge is -2.07. The largest absolute Gasteiger partial charge is 0.477 e. The number of carbonyl (C=O) groups is 1. The van der Waals surface area contributed by atoms with Gasteiger partial charge in [-0.2, -0.15) is 5.10 Å². The van der Waals surface area contributed by atoms with Gasteiger partial charge in [0.05, 0.1) is 6.20 Å². The number of benzene rings is 1. The van der Waals surface area contributed by atoms with Gasteiger partial charge in [0.25, 0.3) is 5.56 Å². The second-order valence-corrected chi connectivity index (χ2v) is 3.73. The van der Waals surface area contributed by atoms with E-state index in [1.807, 2.05) is 6.07 Å². The van der Waals surface area contributed by atoms with Crippen molar-refractivity contribution in [2.75, 3.05) is 0 Å². The Bertz CT molecular complexity index is 632. The van der Waals surface area contributed by atoms with Crippen LogP contribution in [0.15, 0.2) is 41.3 Å². The number of aryl methyl sites for hydroxylation is 1. The Morgan fingerprint density at radius 3 is 2.56 bits per heavy atom. The maximum Gasteiger partial charge on any atom is 0.342 e. The number of hydrogen-bond acceptors (Lipinski definition) is 3. The average Bonchev–Trinajstić information content (AvgIpc) is 2.39. The van der Waals surface area contributed by atoms with Gasteiger partial charge in [0.1, 0.15) is 5.56 Å². The summed E-state index contributed by atoms with van der Waals surface area (Å²) in [5, 5.41) is 13.1. The van der Waals surface area contributed by atoms with Crippen molar-refractivity contribution in [1.82, 2.24) is 9.78 Å². The van der Waals surface area contributed by atoms with Crippen LogP contribution in [0, 0.1) is 0 Å². The van der Waals surface area contributed by atoms with Crippen molar-refractivity contribution >= 4 is 5.97 Å². The highest BCUT2D eigenvalue weighted by atomic mass is 16.4. The van der Waals surface area contributed by atoms with Crippen LogP contribution in [-0.2, 0) is 6.54 Å². The molecular formula is C13H12N2O3. The fourth-order valence-corrected chi connectivity index (χ4v) is 1.76. The Morgan fingerprint density at radius 1 is 1.33 bits per heavy atom. The van der Waals surface area contributed by atoms with E-state index in [1.54, 1.807) is 31.2 Å². The molecule has 92 valence electrons. The van der Waals surface area contributed by atoms with Crippen molar-refractivity contribution < 1.29 is 9.90 Å². The summed E-state index contributed by atoms with van der Waals surface area (Å²) >= 11 is 0. The molecule has 0 atom stereocenters. The van der Waals surface area contributed by atoms with Crippen molar-refractivity contribution in [3.05, 3.63) is 52.4 Å². The molecule has 18 heavy (non-hydrogen) atoms. The lowest BCUT2D eigenvalue weighted by Crippen LogP contribution is -2.28. The second-order valence-electron chi connectivity index (χ2n) is 3.73. The zero-order valence-corrected chi connectivity index (χ0v) is 9.83. The highest BCUT2D eigenvalue weighted by Gasteiger charge is 2.18. The molecule has 0 fully saturated rings. The van der Waals surface area contributed by atoms with E-state index in [-0.39, 0.29) is 5.56 Å². The van der Waals surface area contributed by atoms with Crippen LogP contribution < -0.4 is 5.56 Å². The minimum atomic E-state index is -1.23. The smallest absolute Gasteiger partial charge is 0.342 e. The Hall–Kier alpha value is -2.43. The minimum Gasteiger partial charge on any atom is -0.477 e. The van der Waals surface area contributed by atoms with E-state index >= 15 is 0 Å². The molecule has 0 spiro atoms. The third kappa shape index (κ3) is 2.02. The van der Waals surface area contributed by atoms with Gasteiger partial charge < -0.3 is 5.11 Å². The fourth-order valence-electron chi connectivity index (χ4n) is 1.76. The van der Waals surface area contributed by atoms with E-state index in [9.17, 15) is 14.7 Å². The first kappa shape index (κ1) is 12.0. The van der Waals surface area contributed by atoms with Crippen molar-refractivity contribution in [2.45, 2.75) is 13.5 Å². The minimum absolute atomic E-state index is 0.238. The summed E-state index contributed by atoms with van der Waals surface area (Å²) in [6.45, 7) is 2.08. The lowest BCUT2D eigenvalue weighted by atomic mass is 10.0. The second kappa shape index (κ2) is 4.83. The van der Waals surface area contributed by atoms with Crippen LogP contribution in [0.4, 0.5) is 0 Å². The Balaban J connectivity index is 2.73. The highest BCUT2D eigenvalue weighted by Crippen LogP contribution is 2.20. The molecule has 0 aliphatic rings. The number of aromatic carboxylic acids is 1. The average molecular weight is 244 g/mol. The molecule has 1 aromatic carbocycles. The van der Waals surface area contributed by atoms with Crippen LogP contribution in [0.5, 0.6) is 0 Å².